The third-order valence-electron chi connectivity index (χ3n) is 3.24. The number of hydroxylamine groups is 1. The van der Waals surface area contributed by atoms with Gasteiger partial charge in [-0.15, -0.1) is 0 Å². The molecular formula is C16H23N3O4S. The van der Waals surface area contributed by atoms with E-state index >= 15 is 0 Å². The molecule has 0 aliphatic carbocycles. The summed E-state index contributed by atoms with van der Waals surface area (Å²) in [5.41, 5.74) is 3.05. The topological polar surface area (TPSA) is 98.7 Å². The molecule has 1 aromatic carbocycles. The first-order valence-corrected chi connectivity index (χ1v) is 8.67. The van der Waals surface area contributed by atoms with E-state index in [1.807, 2.05) is 31.1 Å². The molecule has 7 nitrogen and oxygen atoms in total. The quantitative estimate of drug-likeness (QED) is 0.252. The van der Waals surface area contributed by atoms with Gasteiger partial charge >= 0.3 is 0 Å². The number of anilines is 1. The van der Waals surface area contributed by atoms with Crippen LogP contribution in [0, 0.1) is 0 Å². The van der Waals surface area contributed by atoms with Crippen LogP contribution in [-0.2, 0) is 9.59 Å². The Morgan fingerprint density at radius 3 is 2.50 bits per heavy atom. The van der Waals surface area contributed by atoms with Gasteiger partial charge in [-0.05, 0) is 36.4 Å². The maximum Gasteiger partial charge on any atom is 0.251 e. The van der Waals surface area contributed by atoms with Crippen LogP contribution in [0.3, 0.4) is 0 Å². The van der Waals surface area contributed by atoms with Gasteiger partial charge in [0.2, 0.25) is 5.91 Å². The van der Waals surface area contributed by atoms with Crippen LogP contribution < -0.4 is 15.7 Å². The van der Waals surface area contributed by atoms with E-state index in [9.17, 15) is 14.4 Å². The van der Waals surface area contributed by atoms with Crippen LogP contribution >= 0.6 is 11.8 Å². The normalized spacial score (nSPS) is 11.5. The van der Waals surface area contributed by atoms with Crippen molar-refractivity contribution in [1.29, 1.82) is 0 Å². The average molecular weight is 353 g/mol. The molecular weight excluding hydrogens is 330 g/mol. The first-order valence-electron chi connectivity index (χ1n) is 7.52. The number of carbonyl (C=O) groups is 3. The molecule has 1 atom stereocenters. The van der Waals surface area contributed by atoms with Gasteiger partial charge < -0.3 is 15.0 Å². The second-order valence-electron chi connectivity index (χ2n) is 5.37. The number of nitrogens with zero attached hydrogens (tertiary/aromatic N) is 1. The van der Waals surface area contributed by atoms with Gasteiger partial charge in [-0.3, -0.25) is 14.8 Å². The minimum atomic E-state index is -0.581. The van der Waals surface area contributed by atoms with Gasteiger partial charge in [-0.2, -0.15) is 11.8 Å². The molecule has 0 aromatic heterocycles. The fourth-order valence-corrected chi connectivity index (χ4v) is 2.81. The lowest BCUT2D eigenvalue weighted by molar-refractivity contribution is -0.129. The Morgan fingerprint density at radius 2 is 1.96 bits per heavy atom. The van der Waals surface area contributed by atoms with Crippen molar-refractivity contribution >= 4 is 35.5 Å². The summed E-state index contributed by atoms with van der Waals surface area (Å²) in [5, 5.41) is 11.1. The van der Waals surface area contributed by atoms with E-state index in [0.29, 0.717) is 29.8 Å². The maximum atomic E-state index is 12.1. The number of benzene rings is 1. The lowest BCUT2D eigenvalue weighted by Gasteiger charge is -2.14. The zero-order chi connectivity index (χ0) is 17.9. The molecule has 1 aromatic rings. The third-order valence-corrected chi connectivity index (χ3v) is 4.41. The summed E-state index contributed by atoms with van der Waals surface area (Å²) in [6.07, 6.45) is 1.52. The predicted molar refractivity (Wildman–Crippen MR) is 94.6 cm³/mol. The standard InChI is InChI=1S/C16H23N3O4S/c1-19(2)14-7-5-12(6-8-14)16(22)17-13(10-20)11-24-9-3-4-15(21)18-23/h5-8,10,13,23H,3-4,9,11H2,1-2H3,(H,17,22)(H,18,21)/t13-/m1/s1. The summed E-state index contributed by atoms with van der Waals surface area (Å²) in [6, 6.07) is 6.53. The Morgan fingerprint density at radius 1 is 1.29 bits per heavy atom. The fraction of sp³-hybridized carbons (Fsp3) is 0.438. The maximum absolute atomic E-state index is 12.1. The Bertz CT molecular complexity index is 549. The van der Waals surface area contributed by atoms with Gasteiger partial charge in [0.15, 0.2) is 0 Å². The minimum Gasteiger partial charge on any atom is -0.378 e. The molecule has 0 radical (unpaired) electrons. The van der Waals surface area contributed by atoms with Crippen molar-refractivity contribution in [1.82, 2.24) is 10.8 Å². The lowest BCUT2D eigenvalue weighted by Crippen LogP contribution is -2.37. The number of rotatable bonds is 10. The van der Waals surface area contributed by atoms with E-state index in [4.69, 9.17) is 5.21 Å². The Hall–Kier alpha value is -2.06. The second-order valence-corrected chi connectivity index (χ2v) is 6.52. The van der Waals surface area contributed by atoms with Crippen molar-refractivity contribution in [3.63, 3.8) is 0 Å². The van der Waals surface area contributed by atoms with Crippen molar-refractivity contribution in [3.05, 3.63) is 29.8 Å². The highest BCUT2D eigenvalue weighted by Gasteiger charge is 2.13. The molecule has 24 heavy (non-hydrogen) atoms. The molecule has 0 saturated heterocycles. The van der Waals surface area contributed by atoms with Crippen LogP contribution in [0.25, 0.3) is 0 Å². The monoisotopic (exact) mass is 353 g/mol. The van der Waals surface area contributed by atoms with Crippen LogP contribution in [-0.4, -0.2) is 55.0 Å². The first-order chi connectivity index (χ1) is 11.5. The number of nitrogens with one attached hydrogen (secondary N) is 2. The van der Waals surface area contributed by atoms with Crippen LogP contribution in [0.4, 0.5) is 5.69 Å². The molecule has 0 saturated carbocycles. The molecule has 0 spiro atoms. The molecule has 3 N–H and O–H groups in total. The number of thioether (sulfide) groups is 1. The molecule has 0 aliphatic rings. The summed E-state index contributed by atoms with van der Waals surface area (Å²) >= 11 is 1.47. The first kappa shape index (κ1) is 20.0. The summed E-state index contributed by atoms with van der Waals surface area (Å²) in [4.78, 5) is 36.0. The van der Waals surface area contributed by atoms with Crippen LogP contribution in [0.1, 0.15) is 23.2 Å². The van der Waals surface area contributed by atoms with Gasteiger partial charge in [0.05, 0.1) is 6.04 Å². The zero-order valence-electron chi connectivity index (χ0n) is 13.8. The van der Waals surface area contributed by atoms with Crippen molar-refractivity contribution in [2.24, 2.45) is 0 Å². The Kier molecular flexibility index (Phi) is 8.88. The SMILES string of the molecule is CN(C)c1ccc(C(=O)N[C@H](C=O)CSCCCC(=O)NO)cc1. The van der Waals surface area contributed by atoms with E-state index in [1.165, 1.54) is 11.8 Å². The zero-order valence-corrected chi connectivity index (χ0v) is 14.6. The minimum absolute atomic E-state index is 0.222. The molecule has 0 unspecified atom stereocenters. The van der Waals surface area contributed by atoms with E-state index in [1.54, 1.807) is 17.6 Å². The van der Waals surface area contributed by atoms with Crippen molar-refractivity contribution in [2.75, 3.05) is 30.5 Å². The lowest BCUT2D eigenvalue weighted by atomic mass is 10.2. The Balaban J connectivity index is 2.39. The molecule has 1 rings (SSSR count). The van der Waals surface area contributed by atoms with Gasteiger partial charge in [0.1, 0.15) is 6.29 Å². The molecule has 132 valence electrons. The highest BCUT2D eigenvalue weighted by molar-refractivity contribution is 7.99. The van der Waals surface area contributed by atoms with Crippen molar-refractivity contribution in [2.45, 2.75) is 18.9 Å². The number of aldehydes is 1. The third kappa shape index (κ3) is 7.01. The summed E-state index contributed by atoms with van der Waals surface area (Å²) in [7, 11) is 3.83. The number of amides is 2. The van der Waals surface area contributed by atoms with Gasteiger partial charge in [-0.25, -0.2) is 5.48 Å². The smallest absolute Gasteiger partial charge is 0.251 e. The predicted octanol–water partition coefficient (Wildman–Crippen LogP) is 1.07. The molecule has 2 amide bonds. The molecule has 0 aliphatic heterocycles. The molecule has 0 bridgehead atoms. The summed E-state index contributed by atoms with van der Waals surface area (Å²) in [6.45, 7) is 0. The number of hydrogen-bond donors (Lipinski definition) is 3. The van der Waals surface area contributed by atoms with E-state index < -0.39 is 11.9 Å². The molecule has 0 heterocycles. The van der Waals surface area contributed by atoms with Gasteiger partial charge in [0.25, 0.3) is 5.91 Å². The van der Waals surface area contributed by atoms with Gasteiger partial charge in [-0.1, -0.05) is 0 Å². The average Bonchev–Trinajstić information content (AvgIpc) is 2.59. The molecule has 0 fully saturated rings. The largest absolute Gasteiger partial charge is 0.378 e. The highest BCUT2D eigenvalue weighted by atomic mass is 32.2. The van der Waals surface area contributed by atoms with Crippen molar-refractivity contribution < 1.29 is 19.6 Å². The van der Waals surface area contributed by atoms with E-state index in [0.717, 1.165) is 5.69 Å². The van der Waals surface area contributed by atoms with Crippen LogP contribution in [0.15, 0.2) is 24.3 Å². The summed E-state index contributed by atoms with van der Waals surface area (Å²) in [5.74, 6) is 0.367. The number of carbonyl (C=O) groups excluding carboxylic acids is 3. The fourth-order valence-electron chi connectivity index (χ4n) is 1.88. The highest BCUT2D eigenvalue weighted by Crippen LogP contribution is 2.12. The number of hydrogen-bond acceptors (Lipinski definition) is 6. The van der Waals surface area contributed by atoms with Crippen molar-refractivity contribution in [3.8, 4) is 0 Å². The second kappa shape index (κ2) is 10.7. The Labute approximate surface area is 145 Å². The summed E-state index contributed by atoms with van der Waals surface area (Å²) < 4.78 is 0. The van der Waals surface area contributed by atoms with Crippen LogP contribution in [0.2, 0.25) is 0 Å². The van der Waals surface area contributed by atoms with E-state index in [-0.39, 0.29) is 12.3 Å². The van der Waals surface area contributed by atoms with Gasteiger partial charge in [0, 0.05) is 37.5 Å². The van der Waals surface area contributed by atoms with E-state index in [2.05, 4.69) is 5.32 Å². The molecule has 8 heteroatoms. The van der Waals surface area contributed by atoms with Crippen LogP contribution in [0.5, 0.6) is 0 Å².